The Balaban J connectivity index is 1.52. The fraction of sp³-hybridized carbons (Fsp3) is 0.900. The van der Waals surface area contributed by atoms with E-state index in [1.54, 1.807) is 0 Å². The van der Waals surface area contributed by atoms with Crippen molar-refractivity contribution < 1.29 is 9.59 Å². The second-order valence-electron chi connectivity index (χ2n) is 10.4. The average molecular weight is 298 g/mol. The highest BCUT2D eigenvalue weighted by molar-refractivity contribution is 6.22. The fourth-order valence-electron chi connectivity index (χ4n) is 8.84. The van der Waals surface area contributed by atoms with Gasteiger partial charge in [-0.3, -0.25) is 9.59 Å². The van der Waals surface area contributed by atoms with Crippen LogP contribution < -0.4 is 0 Å². The summed E-state index contributed by atoms with van der Waals surface area (Å²) in [7, 11) is 0. The van der Waals surface area contributed by atoms with Crippen LogP contribution in [0, 0.1) is 51.2 Å². The van der Waals surface area contributed by atoms with Crippen LogP contribution in [-0.2, 0) is 9.59 Å². The van der Waals surface area contributed by atoms with Crippen molar-refractivity contribution in [2.45, 2.75) is 59.3 Å². The first-order valence-corrected chi connectivity index (χ1v) is 9.40. The van der Waals surface area contributed by atoms with Gasteiger partial charge in [0.2, 0.25) is 0 Å². The number of hydrogen-bond donors (Lipinski definition) is 0. The lowest BCUT2D eigenvalue weighted by Crippen LogP contribution is -2.61. The Labute approximate surface area is 132 Å². The zero-order valence-electron chi connectivity index (χ0n) is 13.9. The van der Waals surface area contributed by atoms with E-state index < -0.39 is 5.41 Å². The monoisotopic (exact) mass is 298 g/mol. The Kier molecular flexibility index (Phi) is 1.74. The van der Waals surface area contributed by atoms with Crippen LogP contribution in [0.5, 0.6) is 0 Å². The van der Waals surface area contributed by atoms with Crippen LogP contribution in [0.2, 0.25) is 0 Å². The molecular formula is C20H26O2. The number of carbonyl (C=O) groups is 2. The molecular weight excluding hydrogens is 272 g/mol. The first-order valence-electron chi connectivity index (χ1n) is 9.40. The lowest BCUT2D eigenvalue weighted by molar-refractivity contribution is -0.174. The van der Waals surface area contributed by atoms with Gasteiger partial charge in [-0.15, -0.1) is 0 Å². The van der Waals surface area contributed by atoms with E-state index in [-0.39, 0.29) is 16.7 Å². The number of fused-ring (bicyclic) bond motifs is 3. The molecule has 1 spiro atoms. The Hall–Kier alpha value is -0.660. The van der Waals surface area contributed by atoms with E-state index >= 15 is 0 Å². The molecule has 0 aromatic carbocycles. The van der Waals surface area contributed by atoms with Gasteiger partial charge in [0.05, 0.1) is 5.41 Å². The summed E-state index contributed by atoms with van der Waals surface area (Å²) in [6, 6.07) is 0. The molecule has 7 aliphatic carbocycles. The summed E-state index contributed by atoms with van der Waals surface area (Å²) in [4.78, 5) is 26.4. The molecule has 9 atom stereocenters. The third-order valence-corrected chi connectivity index (χ3v) is 10.1. The molecule has 2 unspecified atom stereocenters. The van der Waals surface area contributed by atoms with Crippen molar-refractivity contribution in [2.75, 3.05) is 0 Å². The third-order valence-electron chi connectivity index (χ3n) is 10.1. The third kappa shape index (κ3) is 0.915. The van der Waals surface area contributed by atoms with Gasteiger partial charge in [-0.05, 0) is 73.0 Å². The maximum Gasteiger partial charge on any atom is 0.153 e. The summed E-state index contributed by atoms with van der Waals surface area (Å²) < 4.78 is 0. The maximum atomic E-state index is 13.3. The van der Waals surface area contributed by atoms with Gasteiger partial charge in [-0.1, -0.05) is 20.8 Å². The van der Waals surface area contributed by atoms with Gasteiger partial charge < -0.3 is 0 Å². The first-order chi connectivity index (χ1) is 10.3. The van der Waals surface area contributed by atoms with Crippen LogP contribution >= 0.6 is 0 Å². The Morgan fingerprint density at radius 2 is 1.73 bits per heavy atom. The summed E-state index contributed by atoms with van der Waals surface area (Å²) >= 11 is 0. The Morgan fingerprint density at radius 3 is 2.41 bits per heavy atom. The zero-order chi connectivity index (χ0) is 15.3. The lowest BCUT2D eigenvalue weighted by Gasteiger charge is -2.61. The van der Waals surface area contributed by atoms with Gasteiger partial charge in [0.15, 0.2) is 11.6 Å². The summed E-state index contributed by atoms with van der Waals surface area (Å²) in [6.45, 7) is 7.05. The highest BCUT2D eigenvalue weighted by atomic mass is 16.2. The van der Waals surface area contributed by atoms with Crippen molar-refractivity contribution in [3.8, 4) is 0 Å². The smallest absolute Gasteiger partial charge is 0.153 e. The molecule has 0 aliphatic heterocycles. The molecule has 2 heteroatoms. The minimum Gasteiger partial charge on any atom is -0.298 e. The second-order valence-corrected chi connectivity index (χ2v) is 10.4. The standard InChI is InChI=1S/C20H26O2/c1-17-6-4-10-9-18(10,2)12(17)5-7-20-13(17)8-11-14(15(20)21)19(11,3)16(20)22/h10-14H,4-9H2,1-3H3/t10-,11-,12+,13+,14?,17-,18+,19?,20+/m0/s1. The highest BCUT2D eigenvalue weighted by Crippen LogP contribution is 2.84. The summed E-state index contributed by atoms with van der Waals surface area (Å²) in [6.07, 6.45) is 7.19. The van der Waals surface area contributed by atoms with Gasteiger partial charge in [0.25, 0.3) is 0 Å². The van der Waals surface area contributed by atoms with Crippen molar-refractivity contribution >= 4 is 11.6 Å². The molecule has 7 aliphatic rings. The minimum absolute atomic E-state index is 0.115. The van der Waals surface area contributed by atoms with E-state index in [4.69, 9.17) is 0 Å². The molecule has 22 heavy (non-hydrogen) atoms. The van der Waals surface area contributed by atoms with Crippen LogP contribution in [0.1, 0.15) is 59.3 Å². The van der Waals surface area contributed by atoms with Gasteiger partial charge in [-0.2, -0.15) is 0 Å². The second kappa shape index (κ2) is 3.00. The van der Waals surface area contributed by atoms with Crippen LogP contribution in [0.4, 0.5) is 0 Å². The largest absolute Gasteiger partial charge is 0.298 e. The van der Waals surface area contributed by atoms with E-state index in [1.165, 1.54) is 25.7 Å². The zero-order valence-corrected chi connectivity index (χ0v) is 13.9. The first kappa shape index (κ1) is 12.7. The van der Waals surface area contributed by atoms with Crippen LogP contribution in [0.3, 0.4) is 0 Å². The molecule has 0 N–H and O–H groups in total. The minimum atomic E-state index is -0.544. The number of hydrogen-bond acceptors (Lipinski definition) is 2. The van der Waals surface area contributed by atoms with E-state index in [1.807, 2.05) is 0 Å². The summed E-state index contributed by atoms with van der Waals surface area (Å²) in [5.41, 5.74) is 0.00331. The topological polar surface area (TPSA) is 34.1 Å². The molecule has 0 saturated heterocycles. The van der Waals surface area contributed by atoms with Gasteiger partial charge in [-0.25, -0.2) is 0 Å². The quantitative estimate of drug-likeness (QED) is 0.640. The molecule has 0 aromatic heterocycles. The molecule has 4 bridgehead atoms. The van der Waals surface area contributed by atoms with Crippen LogP contribution in [-0.4, -0.2) is 11.6 Å². The Morgan fingerprint density at radius 1 is 0.955 bits per heavy atom. The maximum absolute atomic E-state index is 13.3. The molecule has 0 radical (unpaired) electrons. The van der Waals surface area contributed by atoms with Gasteiger partial charge >= 0.3 is 0 Å². The number of carbonyl (C=O) groups excluding carboxylic acids is 2. The molecule has 7 rings (SSSR count). The predicted octanol–water partition coefficient (Wildman–Crippen LogP) is 3.63. The summed E-state index contributed by atoms with van der Waals surface area (Å²) in [5.74, 6) is 3.34. The van der Waals surface area contributed by atoms with E-state index in [9.17, 15) is 9.59 Å². The van der Waals surface area contributed by atoms with Crippen molar-refractivity contribution in [3.05, 3.63) is 0 Å². The normalized spacial score (nSPS) is 69.9. The average Bonchev–Trinajstić information content (AvgIpc) is 3.31. The van der Waals surface area contributed by atoms with Gasteiger partial charge in [0, 0.05) is 11.3 Å². The molecule has 0 aromatic rings. The van der Waals surface area contributed by atoms with Crippen LogP contribution in [0.25, 0.3) is 0 Å². The number of Topliss-reactive ketones (excluding diaryl/α,β-unsaturated/α-hetero) is 2. The lowest BCUT2D eigenvalue weighted by atomic mass is 9.41. The van der Waals surface area contributed by atoms with Crippen LogP contribution in [0.15, 0.2) is 0 Å². The fourth-order valence-corrected chi connectivity index (χ4v) is 8.84. The molecule has 2 nitrogen and oxygen atoms in total. The van der Waals surface area contributed by atoms with Crippen molar-refractivity contribution in [1.29, 1.82) is 0 Å². The molecule has 0 amide bonds. The summed E-state index contributed by atoms with van der Waals surface area (Å²) in [5, 5.41) is 0. The molecule has 7 saturated carbocycles. The van der Waals surface area contributed by atoms with Crippen molar-refractivity contribution in [1.82, 2.24) is 0 Å². The molecule has 118 valence electrons. The van der Waals surface area contributed by atoms with E-state index in [0.29, 0.717) is 28.8 Å². The van der Waals surface area contributed by atoms with Crippen molar-refractivity contribution in [2.24, 2.45) is 51.2 Å². The Bertz CT molecular complexity index is 667. The van der Waals surface area contributed by atoms with E-state index in [2.05, 4.69) is 20.8 Å². The predicted molar refractivity (Wildman–Crippen MR) is 81.9 cm³/mol. The van der Waals surface area contributed by atoms with Crippen molar-refractivity contribution in [3.63, 3.8) is 0 Å². The SMILES string of the molecule is CC12C(=O)[C@]34CC[C@@H]5[C@](C)(CC[C@H]6C[C@]65C)[C@H]3C[C@H]1C2C4=O. The number of rotatable bonds is 0. The van der Waals surface area contributed by atoms with Gasteiger partial charge in [0.1, 0.15) is 0 Å². The molecule has 0 heterocycles. The molecule has 7 fully saturated rings. The highest BCUT2D eigenvalue weighted by Gasteiger charge is 2.88. The number of ketones is 2. The van der Waals surface area contributed by atoms with E-state index in [0.717, 1.165) is 24.7 Å².